The number of nitrogens with zero attached hydrogens (tertiary/aromatic N) is 3. The Hall–Kier alpha value is -4.63. The van der Waals surface area contributed by atoms with Gasteiger partial charge >= 0.3 is 0 Å². The first-order valence-electron chi connectivity index (χ1n) is 12.4. The number of benzene rings is 2. The molecular formula is C30H23FN4O3S. The van der Waals surface area contributed by atoms with E-state index in [1.807, 2.05) is 43.3 Å². The van der Waals surface area contributed by atoms with Gasteiger partial charge in [0.1, 0.15) is 17.8 Å². The molecule has 0 unspecified atom stereocenters. The fourth-order valence-electron chi connectivity index (χ4n) is 4.76. The molecule has 0 fully saturated rings. The summed E-state index contributed by atoms with van der Waals surface area (Å²) in [5.74, 6) is -1.06. The average molecular weight is 539 g/mol. The van der Waals surface area contributed by atoms with E-state index in [0.717, 1.165) is 27.3 Å². The highest BCUT2D eigenvalue weighted by atomic mass is 32.1. The predicted octanol–water partition coefficient (Wildman–Crippen LogP) is 6.68. The van der Waals surface area contributed by atoms with Crippen LogP contribution in [-0.4, -0.2) is 28.5 Å². The summed E-state index contributed by atoms with van der Waals surface area (Å²) in [6, 6.07) is 19.5. The number of para-hydroxylation sites is 2. The Kier molecular flexibility index (Phi) is 6.28. The number of fused-ring (bicyclic) bond motifs is 3. The highest BCUT2D eigenvalue weighted by Gasteiger charge is 2.28. The topological polar surface area (TPSA) is 88.3 Å². The Morgan fingerprint density at radius 3 is 2.64 bits per heavy atom. The van der Waals surface area contributed by atoms with E-state index in [1.165, 1.54) is 23.7 Å². The van der Waals surface area contributed by atoms with Crippen molar-refractivity contribution in [3.63, 3.8) is 0 Å². The molecule has 1 N–H and O–H groups in total. The number of carbonyl (C=O) groups is 2. The SMILES string of the molecule is Cc1cccc(F)c1NC(=O)c1cc2c(s1)-c1ccccc1N(C(=O)c1cccc(-c3conc3C)n1)CC2. The lowest BCUT2D eigenvalue weighted by molar-refractivity contribution is 0.0981. The standard InChI is InChI=1S/C30H23FN4O3S/c1-17-7-5-9-22(31)27(17)33-29(36)26-15-19-13-14-35(25-12-4-3-8-20(25)28(19)39-26)30(37)24-11-6-10-23(32-24)21-16-38-34-18(21)2/h3-12,15-16H,13-14H2,1-2H3,(H,33,36). The third-order valence-electron chi connectivity index (χ3n) is 6.78. The zero-order valence-electron chi connectivity index (χ0n) is 21.2. The summed E-state index contributed by atoms with van der Waals surface area (Å²) in [5.41, 5.74) is 5.75. The van der Waals surface area contributed by atoms with Crippen LogP contribution in [0.15, 0.2) is 77.5 Å². The van der Waals surface area contributed by atoms with Crippen LogP contribution in [0.4, 0.5) is 15.8 Å². The van der Waals surface area contributed by atoms with Crippen LogP contribution < -0.4 is 10.2 Å². The van der Waals surface area contributed by atoms with Gasteiger partial charge in [0.2, 0.25) is 0 Å². The maximum absolute atomic E-state index is 14.3. The highest BCUT2D eigenvalue weighted by Crippen LogP contribution is 2.42. The minimum atomic E-state index is -0.474. The molecule has 0 aliphatic carbocycles. The fraction of sp³-hybridized carbons (Fsp3) is 0.133. The third kappa shape index (κ3) is 4.51. The fourth-order valence-corrected chi connectivity index (χ4v) is 5.90. The lowest BCUT2D eigenvalue weighted by Gasteiger charge is -2.22. The van der Waals surface area contributed by atoms with Crippen molar-refractivity contribution >= 4 is 34.5 Å². The molecule has 1 aliphatic heterocycles. The summed E-state index contributed by atoms with van der Waals surface area (Å²) in [5, 5.41) is 6.64. The monoisotopic (exact) mass is 538 g/mol. The molecule has 2 aromatic carbocycles. The van der Waals surface area contributed by atoms with E-state index in [0.29, 0.717) is 40.5 Å². The number of rotatable bonds is 4. The van der Waals surface area contributed by atoms with Gasteiger partial charge in [-0.25, -0.2) is 9.37 Å². The molecule has 6 rings (SSSR count). The summed E-state index contributed by atoms with van der Waals surface area (Å²) in [6.07, 6.45) is 2.06. The van der Waals surface area contributed by atoms with Gasteiger partial charge in [-0.3, -0.25) is 9.59 Å². The first-order valence-corrected chi connectivity index (χ1v) is 13.2. The molecule has 7 nitrogen and oxygen atoms in total. The van der Waals surface area contributed by atoms with Crippen molar-refractivity contribution in [3.05, 3.63) is 106 Å². The van der Waals surface area contributed by atoms with Gasteiger partial charge < -0.3 is 14.7 Å². The third-order valence-corrected chi connectivity index (χ3v) is 7.99. The maximum Gasteiger partial charge on any atom is 0.276 e. The molecule has 0 atom stereocenters. The molecule has 5 aromatic rings. The summed E-state index contributed by atoms with van der Waals surface area (Å²) in [7, 11) is 0. The number of amides is 2. The Bertz CT molecular complexity index is 1720. The lowest BCUT2D eigenvalue weighted by Crippen LogP contribution is -2.33. The zero-order valence-corrected chi connectivity index (χ0v) is 22.0. The van der Waals surface area contributed by atoms with Gasteiger partial charge in [-0.1, -0.05) is 41.6 Å². The normalized spacial score (nSPS) is 12.4. The number of carbonyl (C=O) groups excluding carboxylic acids is 2. The van der Waals surface area contributed by atoms with Crippen molar-refractivity contribution in [3.8, 4) is 21.7 Å². The summed E-state index contributed by atoms with van der Waals surface area (Å²) in [6.45, 7) is 3.98. The van der Waals surface area contributed by atoms with E-state index in [4.69, 9.17) is 4.52 Å². The second-order valence-corrected chi connectivity index (χ2v) is 10.3. The molecule has 0 radical (unpaired) electrons. The minimum absolute atomic E-state index is 0.180. The van der Waals surface area contributed by atoms with Gasteiger partial charge in [0.05, 0.1) is 33.2 Å². The molecule has 3 aromatic heterocycles. The van der Waals surface area contributed by atoms with Crippen LogP contribution in [0, 0.1) is 19.7 Å². The van der Waals surface area contributed by atoms with Gasteiger partial charge in [0, 0.05) is 17.0 Å². The molecule has 194 valence electrons. The highest BCUT2D eigenvalue weighted by molar-refractivity contribution is 7.17. The molecule has 9 heteroatoms. The number of aryl methyl sites for hydroxylation is 2. The van der Waals surface area contributed by atoms with Crippen molar-refractivity contribution < 1.29 is 18.5 Å². The van der Waals surface area contributed by atoms with Crippen molar-refractivity contribution in [2.75, 3.05) is 16.8 Å². The van der Waals surface area contributed by atoms with Crippen LogP contribution in [0.25, 0.3) is 21.7 Å². The summed E-state index contributed by atoms with van der Waals surface area (Å²) in [4.78, 5) is 34.6. The summed E-state index contributed by atoms with van der Waals surface area (Å²) >= 11 is 1.34. The largest absolute Gasteiger partial charge is 0.364 e. The molecule has 4 heterocycles. The number of thiophene rings is 1. The first kappa shape index (κ1) is 24.7. The van der Waals surface area contributed by atoms with E-state index < -0.39 is 5.82 Å². The second-order valence-electron chi connectivity index (χ2n) is 9.30. The van der Waals surface area contributed by atoms with Crippen LogP contribution in [0.2, 0.25) is 0 Å². The molecule has 0 saturated carbocycles. The number of nitrogens with one attached hydrogen (secondary N) is 1. The molecule has 2 amide bonds. The molecule has 0 bridgehead atoms. The van der Waals surface area contributed by atoms with Crippen molar-refractivity contribution in [2.45, 2.75) is 20.3 Å². The van der Waals surface area contributed by atoms with E-state index in [9.17, 15) is 14.0 Å². The van der Waals surface area contributed by atoms with Crippen LogP contribution in [-0.2, 0) is 6.42 Å². The number of hydrogen-bond donors (Lipinski definition) is 1. The van der Waals surface area contributed by atoms with Gasteiger partial charge in [0.15, 0.2) is 0 Å². The Morgan fingerprint density at radius 1 is 1.03 bits per heavy atom. The molecule has 1 aliphatic rings. The van der Waals surface area contributed by atoms with Crippen LogP contribution in [0.5, 0.6) is 0 Å². The van der Waals surface area contributed by atoms with Crippen molar-refractivity contribution in [1.29, 1.82) is 0 Å². The zero-order chi connectivity index (χ0) is 27.1. The predicted molar refractivity (Wildman–Crippen MR) is 149 cm³/mol. The van der Waals surface area contributed by atoms with Crippen molar-refractivity contribution in [1.82, 2.24) is 10.1 Å². The Balaban J connectivity index is 1.32. The number of halogens is 1. The van der Waals surface area contributed by atoms with E-state index in [2.05, 4.69) is 15.5 Å². The van der Waals surface area contributed by atoms with Crippen molar-refractivity contribution in [2.24, 2.45) is 0 Å². The molecular weight excluding hydrogens is 515 g/mol. The quantitative estimate of drug-likeness (QED) is 0.276. The van der Waals surface area contributed by atoms with Crippen LogP contribution in [0.3, 0.4) is 0 Å². The van der Waals surface area contributed by atoms with Crippen LogP contribution in [0.1, 0.15) is 37.0 Å². The van der Waals surface area contributed by atoms with Gasteiger partial charge in [-0.15, -0.1) is 11.3 Å². The van der Waals surface area contributed by atoms with Gasteiger partial charge in [0.25, 0.3) is 11.8 Å². The first-order chi connectivity index (χ1) is 18.9. The maximum atomic E-state index is 14.3. The molecule has 0 spiro atoms. The number of hydrogen-bond acceptors (Lipinski definition) is 6. The number of aromatic nitrogens is 2. The lowest BCUT2D eigenvalue weighted by atomic mass is 10.1. The van der Waals surface area contributed by atoms with Gasteiger partial charge in [-0.2, -0.15) is 0 Å². The second kappa shape index (κ2) is 9.92. The summed E-state index contributed by atoms with van der Waals surface area (Å²) < 4.78 is 19.4. The van der Waals surface area contributed by atoms with Crippen LogP contribution >= 0.6 is 11.3 Å². The average Bonchev–Trinajstić information content (AvgIpc) is 3.54. The smallest absolute Gasteiger partial charge is 0.276 e. The molecule has 39 heavy (non-hydrogen) atoms. The Morgan fingerprint density at radius 2 is 1.85 bits per heavy atom. The number of anilines is 2. The Labute approximate surface area is 227 Å². The van der Waals surface area contributed by atoms with E-state index in [1.54, 1.807) is 36.1 Å². The van der Waals surface area contributed by atoms with Gasteiger partial charge in [-0.05, 0) is 61.7 Å². The van der Waals surface area contributed by atoms with E-state index >= 15 is 0 Å². The van der Waals surface area contributed by atoms with E-state index in [-0.39, 0.29) is 17.5 Å². The minimum Gasteiger partial charge on any atom is -0.364 e. The molecule has 0 saturated heterocycles. The number of pyridine rings is 1.